The molecule has 4 aromatic rings. The van der Waals surface area contributed by atoms with Gasteiger partial charge in [0.1, 0.15) is 23.6 Å². The maximum absolute atomic E-state index is 14.6. The van der Waals surface area contributed by atoms with Gasteiger partial charge in [0.15, 0.2) is 10.8 Å². The van der Waals surface area contributed by atoms with Crippen molar-refractivity contribution in [1.82, 2.24) is 25.5 Å². The number of ether oxygens (including phenoxy) is 3. The molecule has 1 saturated carbocycles. The van der Waals surface area contributed by atoms with Crippen LogP contribution < -0.4 is 25.0 Å². The number of aliphatic hydroxyl groups is 1. The van der Waals surface area contributed by atoms with Crippen LogP contribution in [0.25, 0.3) is 21.7 Å². The summed E-state index contributed by atoms with van der Waals surface area (Å²) in [6.45, 7) is 11.6. The molecule has 0 radical (unpaired) electrons. The van der Waals surface area contributed by atoms with Gasteiger partial charge in [0, 0.05) is 49.1 Å². The molecule has 2 aromatic heterocycles. The molecule has 3 atom stereocenters. The topological polar surface area (TPSA) is 155 Å². The summed E-state index contributed by atoms with van der Waals surface area (Å²) in [6, 6.07) is 11.9. The van der Waals surface area contributed by atoms with Gasteiger partial charge in [-0.05, 0) is 86.8 Å². The number of nitrogens with zero attached hydrogens (tertiary/aromatic N) is 4. The van der Waals surface area contributed by atoms with Crippen molar-refractivity contribution < 1.29 is 38.1 Å². The Bertz CT molecular complexity index is 2130. The zero-order valence-corrected chi connectivity index (χ0v) is 37.0. The highest BCUT2D eigenvalue weighted by molar-refractivity contribution is 7.14. The molecule has 2 aromatic carbocycles. The van der Waals surface area contributed by atoms with Crippen LogP contribution in [0.5, 0.6) is 11.5 Å². The third-order valence-corrected chi connectivity index (χ3v) is 13.2. The number of halogens is 1. The first-order valence-electron chi connectivity index (χ1n) is 21.2. The van der Waals surface area contributed by atoms with E-state index >= 15 is 0 Å². The molecule has 2 aliphatic heterocycles. The Labute approximate surface area is 365 Å². The first kappa shape index (κ1) is 44.4. The number of β-amino-alcohol motifs (C(OH)–C–C–N with tert-alkyl or cyclic N) is 1. The Hall–Kier alpha value is -4.64. The van der Waals surface area contributed by atoms with Crippen molar-refractivity contribution >= 4 is 45.5 Å². The number of unbranched alkanes of at least 4 members (excludes halogenated alkanes) is 3. The van der Waals surface area contributed by atoms with Crippen LogP contribution in [-0.2, 0) is 25.7 Å². The number of amides is 3. The monoisotopic (exact) mass is 876 g/mol. The molecule has 3 N–H and O–H groups in total. The number of likely N-dealkylation sites (tertiary alicyclic amines) is 1. The summed E-state index contributed by atoms with van der Waals surface area (Å²) in [5, 5.41) is 19.3. The van der Waals surface area contributed by atoms with Crippen LogP contribution >= 0.6 is 22.7 Å². The van der Waals surface area contributed by atoms with Gasteiger partial charge in [0.2, 0.25) is 11.8 Å². The lowest BCUT2D eigenvalue weighted by atomic mass is 9.85. The number of alkyl halides is 1. The number of carbonyl (C=O) groups is 3. The molecule has 3 fully saturated rings. The van der Waals surface area contributed by atoms with Gasteiger partial charge in [-0.25, -0.2) is 14.4 Å². The fourth-order valence-corrected chi connectivity index (χ4v) is 9.21. The van der Waals surface area contributed by atoms with E-state index in [-0.39, 0.29) is 32.4 Å². The zero-order chi connectivity index (χ0) is 43.1. The van der Waals surface area contributed by atoms with Gasteiger partial charge in [0.25, 0.3) is 5.91 Å². The Morgan fingerprint density at radius 3 is 2.38 bits per heavy atom. The van der Waals surface area contributed by atoms with Crippen molar-refractivity contribution in [3.63, 3.8) is 0 Å². The smallest absolute Gasteiger partial charge is 0.258 e. The Kier molecular flexibility index (Phi) is 14.3. The molecule has 0 spiro atoms. The number of hydrogen-bond donors (Lipinski definition) is 3. The summed E-state index contributed by atoms with van der Waals surface area (Å²) in [4.78, 5) is 54.1. The minimum absolute atomic E-state index is 0.0454. The third-order valence-electron chi connectivity index (χ3n) is 11.4. The maximum Gasteiger partial charge on any atom is 0.258 e. The van der Waals surface area contributed by atoms with Crippen LogP contribution in [0.4, 0.5) is 9.52 Å². The number of nitrogens with one attached hydrogen (secondary N) is 2. The van der Waals surface area contributed by atoms with E-state index < -0.39 is 47.0 Å². The largest absolute Gasteiger partial charge is 0.494 e. The van der Waals surface area contributed by atoms with Crippen molar-refractivity contribution in [1.29, 1.82) is 0 Å². The van der Waals surface area contributed by atoms with Gasteiger partial charge in [-0.2, -0.15) is 0 Å². The Morgan fingerprint density at radius 1 is 1.00 bits per heavy atom. The minimum Gasteiger partial charge on any atom is -0.494 e. The Balaban J connectivity index is 0.892. The van der Waals surface area contributed by atoms with E-state index in [1.165, 1.54) is 4.90 Å². The molecule has 0 bridgehead atoms. The number of rotatable bonds is 18. The molecule has 1 aliphatic carbocycles. The van der Waals surface area contributed by atoms with E-state index in [0.29, 0.717) is 19.0 Å². The normalized spacial score (nSPS) is 19.0. The van der Waals surface area contributed by atoms with Gasteiger partial charge in [-0.15, -0.1) is 22.7 Å². The van der Waals surface area contributed by atoms with Crippen molar-refractivity contribution in [2.75, 3.05) is 51.0 Å². The number of benzene rings is 2. The van der Waals surface area contributed by atoms with Gasteiger partial charge in [-0.3, -0.25) is 14.4 Å². The average Bonchev–Trinajstić information content (AvgIpc) is 3.57. The number of morpholine rings is 1. The fourth-order valence-electron chi connectivity index (χ4n) is 7.52. The summed E-state index contributed by atoms with van der Waals surface area (Å²) in [5.74, 6) is -0.304. The molecule has 3 unspecified atom stereocenters. The van der Waals surface area contributed by atoms with Crippen LogP contribution in [0.1, 0.15) is 77.0 Å². The number of aliphatic hydroxyl groups excluding tert-OH is 1. The number of carbonyl (C=O) groups excluding carboxylic acids is 3. The highest BCUT2D eigenvalue weighted by atomic mass is 32.1. The lowest BCUT2D eigenvalue weighted by molar-refractivity contribution is -0.145. The predicted octanol–water partition coefficient (Wildman–Crippen LogP) is 6.71. The molecule has 13 nitrogen and oxygen atoms in total. The summed E-state index contributed by atoms with van der Waals surface area (Å²) < 4.78 is 32.5. The number of aromatic nitrogens is 2. The van der Waals surface area contributed by atoms with Crippen LogP contribution in [0.3, 0.4) is 0 Å². The second-order valence-electron chi connectivity index (χ2n) is 17.2. The average molecular weight is 877 g/mol. The van der Waals surface area contributed by atoms with Crippen molar-refractivity contribution in [3.05, 3.63) is 64.6 Å². The second kappa shape index (κ2) is 19.6. The minimum atomic E-state index is -1.96. The highest BCUT2D eigenvalue weighted by Gasteiger charge is 2.53. The first-order chi connectivity index (χ1) is 29.3. The van der Waals surface area contributed by atoms with E-state index in [2.05, 4.69) is 38.0 Å². The van der Waals surface area contributed by atoms with E-state index in [1.807, 2.05) is 42.8 Å². The lowest BCUT2D eigenvalue weighted by Crippen LogP contribution is -2.59. The summed E-state index contributed by atoms with van der Waals surface area (Å²) in [6.07, 6.45) is 3.02. The third kappa shape index (κ3) is 11.3. The predicted molar refractivity (Wildman–Crippen MR) is 235 cm³/mol. The SMILES string of the molecule is Cc1ncsc1-c1ccc(CNC(=O)C2CC(O)CN2C(=O)C(NC(=O)C2(F)CC2)C(C)(C)C)c(OCCCCCCOc2ccc(-c3csc(N4CCOCC4)n3)cc2)c1. The standard InChI is InChI=1S/C45H57FN6O7S2/c1-29-38(61-28-48-29)31-9-10-32(25-47-40(54)36-24-33(53)26-52(36)41(55)39(44(2,3)4)50-42(56)45(46)15-16-45)37(23-31)59-20-8-6-5-7-19-58-34-13-11-30(12-14-34)35-27-60-43(49-35)51-17-21-57-22-18-51/h9-14,23,27-28,33,36,39,53H,5-8,15-22,24-26H2,1-4H3,(H,47,54)(H,50,56). The molecule has 61 heavy (non-hydrogen) atoms. The molecular formula is C45H57FN6O7S2. The van der Waals surface area contributed by atoms with Gasteiger partial charge in [0.05, 0.1) is 54.3 Å². The van der Waals surface area contributed by atoms with Crippen LogP contribution in [0.2, 0.25) is 0 Å². The lowest BCUT2D eigenvalue weighted by Gasteiger charge is -2.35. The van der Waals surface area contributed by atoms with E-state index in [0.717, 1.165) is 95.8 Å². The molecule has 2 saturated heterocycles. The van der Waals surface area contributed by atoms with E-state index in [9.17, 15) is 23.9 Å². The molecule has 7 rings (SSSR count). The first-order valence-corrected chi connectivity index (χ1v) is 23.0. The number of aryl methyl sites for hydroxylation is 1. The fraction of sp³-hybridized carbons (Fsp3) is 0.533. The molecular weight excluding hydrogens is 820 g/mol. The van der Waals surface area contributed by atoms with Gasteiger partial charge < -0.3 is 39.8 Å². The van der Waals surface area contributed by atoms with Gasteiger partial charge in [-0.1, -0.05) is 32.9 Å². The number of anilines is 1. The van der Waals surface area contributed by atoms with Crippen LogP contribution in [-0.4, -0.2) is 108 Å². The second-order valence-corrected chi connectivity index (χ2v) is 18.9. The summed E-state index contributed by atoms with van der Waals surface area (Å²) >= 11 is 3.21. The van der Waals surface area contributed by atoms with E-state index in [1.54, 1.807) is 43.4 Å². The molecule has 16 heteroatoms. The molecule has 328 valence electrons. The maximum atomic E-state index is 14.6. The number of thiazole rings is 2. The van der Waals surface area contributed by atoms with Crippen molar-refractivity contribution in [2.24, 2.45) is 5.41 Å². The molecule has 3 amide bonds. The van der Waals surface area contributed by atoms with Crippen molar-refractivity contribution in [2.45, 2.75) is 103 Å². The summed E-state index contributed by atoms with van der Waals surface area (Å²) in [5.41, 5.74) is 3.76. The Morgan fingerprint density at radius 2 is 1.70 bits per heavy atom. The van der Waals surface area contributed by atoms with Gasteiger partial charge >= 0.3 is 0 Å². The zero-order valence-electron chi connectivity index (χ0n) is 35.4. The highest BCUT2D eigenvalue weighted by Crippen LogP contribution is 2.41. The van der Waals surface area contributed by atoms with Crippen molar-refractivity contribution in [3.8, 4) is 33.2 Å². The van der Waals surface area contributed by atoms with Crippen LogP contribution in [0, 0.1) is 12.3 Å². The summed E-state index contributed by atoms with van der Waals surface area (Å²) in [7, 11) is 0. The quantitative estimate of drug-likeness (QED) is 0.0920. The van der Waals surface area contributed by atoms with E-state index in [4.69, 9.17) is 19.2 Å². The van der Waals surface area contributed by atoms with Crippen LogP contribution in [0.15, 0.2) is 53.4 Å². The number of hydrogen-bond acceptors (Lipinski definition) is 12. The molecule has 4 heterocycles. The molecule has 3 aliphatic rings.